The molecule has 0 aromatic carbocycles. The van der Waals surface area contributed by atoms with Crippen LogP contribution in [0, 0.1) is 58.2 Å². The molecule has 4 aliphatic rings. The Bertz CT molecular complexity index is 1010. The first kappa shape index (κ1) is 38.9. The molecule has 1 N–H and O–H groups in total. The van der Waals surface area contributed by atoms with Gasteiger partial charge in [-0.25, -0.2) is 0 Å². The Balaban J connectivity index is 1.30. The number of aliphatic hydroxyl groups is 1. The minimum absolute atomic E-state index is 0.00745. The van der Waals surface area contributed by atoms with Crippen molar-refractivity contribution in [3.8, 4) is 0 Å². The van der Waals surface area contributed by atoms with Crippen LogP contribution in [-0.2, 0) is 4.79 Å². The van der Waals surface area contributed by atoms with Crippen LogP contribution in [0.3, 0.4) is 0 Å². The van der Waals surface area contributed by atoms with Gasteiger partial charge in [0.2, 0.25) is 0 Å². The van der Waals surface area contributed by atoms with Crippen LogP contribution in [0.5, 0.6) is 0 Å². The zero-order valence-corrected chi connectivity index (χ0v) is 32.3. The van der Waals surface area contributed by atoms with Gasteiger partial charge in [-0.2, -0.15) is 0 Å². The van der Waals surface area contributed by atoms with E-state index in [0.29, 0.717) is 47.2 Å². The SMILES string of the molecule is CCCCCCCCCCCCCCCC(=O)C1C[C@H](O)CC2=CC[C@H]3[C@@H]4CC[C@H]([C@H](C)/C=C/[C@H](CC)C(C)C)[C@@]4(C)CC[C@@H]3[C@@]21C. The van der Waals surface area contributed by atoms with Crippen molar-refractivity contribution < 1.29 is 9.90 Å². The highest BCUT2D eigenvalue weighted by atomic mass is 16.3. The normalized spacial score (nSPS) is 35.0. The minimum Gasteiger partial charge on any atom is -0.393 e. The maximum atomic E-state index is 14.1. The van der Waals surface area contributed by atoms with Crippen LogP contribution in [-0.4, -0.2) is 17.0 Å². The Labute approximate surface area is 292 Å². The summed E-state index contributed by atoms with van der Waals surface area (Å²) in [6, 6.07) is 0. The van der Waals surface area contributed by atoms with E-state index < -0.39 is 0 Å². The van der Waals surface area contributed by atoms with E-state index in [1.165, 1.54) is 121 Å². The lowest BCUT2D eigenvalue weighted by molar-refractivity contribution is -0.136. The highest BCUT2D eigenvalue weighted by molar-refractivity contribution is 5.82. The van der Waals surface area contributed by atoms with E-state index in [-0.39, 0.29) is 17.4 Å². The van der Waals surface area contributed by atoms with Crippen LogP contribution < -0.4 is 0 Å². The van der Waals surface area contributed by atoms with E-state index in [1.807, 2.05) is 0 Å². The first-order chi connectivity index (χ1) is 22.6. The van der Waals surface area contributed by atoms with Gasteiger partial charge in [-0.3, -0.25) is 4.79 Å². The Morgan fingerprint density at radius 3 is 2.06 bits per heavy atom. The van der Waals surface area contributed by atoms with Gasteiger partial charge in [-0.05, 0) is 105 Å². The molecule has 4 aliphatic carbocycles. The molecular formula is C45H78O2. The fourth-order valence-electron chi connectivity index (χ4n) is 11.9. The van der Waals surface area contributed by atoms with Crippen molar-refractivity contribution in [2.45, 2.75) is 196 Å². The summed E-state index contributed by atoms with van der Waals surface area (Å²) in [7, 11) is 0. The zero-order chi connectivity index (χ0) is 34.0. The number of carbonyl (C=O) groups excluding carboxylic acids is 1. The highest BCUT2D eigenvalue weighted by Crippen LogP contribution is 2.68. The molecular weight excluding hydrogens is 572 g/mol. The Hall–Kier alpha value is -0.890. The maximum Gasteiger partial charge on any atom is 0.136 e. The van der Waals surface area contributed by atoms with Crippen LogP contribution >= 0.6 is 0 Å². The second-order valence-electron chi connectivity index (χ2n) is 18.0. The van der Waals surface area contributed by atoms with Crippen molar-refractivity contribution in [1.29, 1.82) is 0 Å². The van der Waals surface area contributed by atoms with Crippen molar-refractivity contribution in [2.75, 3.05) is 0 Å². The quantitative estimate of drug-likeness (QED) is 0.105. The molecule has 0 aliphatic heterocycles. The first-order valence-electron chi connectivity index (χ1n) is 21.2. The average molecular weight is 651 g/mol. The lowest BCUT2D eigenvalue weighted by Crippen LogP contribution is -2.55. The molecule has 4 rings (SSSR count). The maximum absolute atomic E-state index is 14.1. The van der Waals surface area contributed by atoms with Crippen LogP contribution in [0.15, 0.2) is 23.8 Å². The molecule has 0 bridgehead atoms. The summed E-state index contributed by atoms with van der Waals surface area (Å²) in [5, 5.41) is 11.0. The zero-order valence-electron chi connectivity index (χ0n) is 32.3. The Morgan fingerprint density at radius 2 is 1.47 bits per heavy atom. The van der Waals surface area contributed by atoms with Gasteiger partial charge in [-0.15, -0.1) is 0 Å². The molecule has 0 spiro atoms. The monoisotopic (exact) mass is 651 g/mol. The van der Waals surface area contributed by atoms with E-state index in [0.717, 1.165) is 31.1 Å². The molecule has 0 heterocycles. The van der Waals surface area contributed by atoms with Crippen molar-refractivity contribution >= 4 is 5.78 Å². The van der Waals surface area contributed by atoms with Crippen LogP contribution in [0.1, 0.15) is 190 Å². The number of fused-ring (bicyclic) bond motifs is 5. The van der Waals surface area contributed by atoms with Gasteiger partial charge in [0.25, 0.3) is 0 Å². The first-order valence-corrected chi connectivity index (χ1v) is 21.2. The number of ketones is 1. The average Bonchev–Trinajstić information content (AvgIpc) is 3.40. The van der Waals surface area contributed by atoms with Gasteiger partial charge in [0.1, 0.15) is 5.78 Å². The molecule has 2 nitrogen and oxygen atoms in total. The Kier molecular flexibility index (Phi) is 15.2. The molecule has 0 saturated heterocycles. The number of aliphatic hydroxyl groups excluding tert-OH is 1. The summed E-state index contributed by atoms with van der Waals surface area (Å²) in [4.78, 5) is 14.1. The van der Waals surface area contributed by atoms with E-state index in [4.69, 9.17) is 0 Å². The molecule has 2 heteroatoms. The molecule has 3 fully saturated rings. The van der Waals surface area contributed by atoms with Crippen LogP contribution in [0.2, 0.25) is 0 Å². The second-order valence-corrected chi connectivity index (χ2v) is 18.0. The van der Waals surface area contributed by atoms with E-state index >= 15 is 0 Å². The number of hydrogen-bond donors (Lipinski definition) is 1. The van der Waals surface area contributed by atoms with Gasteiger partial charge in [0, 0.05) is 17.8 Å². The number of allylic oxidation sites excluding steroid dienone is 3. The summed E-state index contributed by atoms with van der Waals surface area (Å²) < 4.78 is 0. The smallest absolute Gasteiger partial charge is 0.136 e. The van der Waals surface area contributed by atoms with Gasteiger partial charge in [0.15, 0.2) is 0 Å². The van der Waals surface area contributed by atoms with E-state index in [9.17, 15) is 9.90 Å². The molecule has 3 saturated carbocycles. The predicted octanol–water partition coefficient (Wildman–Crippen LogP) is 13.1. The topological polar surface area (TPSA) is 37.3 Å². The number of hydrogen-bond acceptors (Lipinski definition) is 2. The van der Waals surface area contributed by atoms with Crippen LogP contribution in [0.25, 0.3) is 0 Å². The second kappa shape index (κ2) is 18.4. The largest absolute Gasteiger partial charge is 0.393 e. The standard InChI is InChI=1S/C45H78O2/c1-8-10-11-12-13-14-15-16-17-18-19-20-21-22-43(47)42-32-37(46)31-36-25-26-38-40-28-27-39(34(5)23-24-35(9-2)33(3)4)44(40,6)30-29-41(38)45(36,42)7/h23-25,33-35,37-42,46H,8-22,26-32H2,1-7H3/b24-23+/t34-,35+,37-,38+,39-,40+,41+,42?,44-,45-/m1/s1. The van der Waals surface area contributed by atoms with Crippen molar-refractivity contribution in [3.63, 3.8) is 0 Å². The molecule has 47 heavy (non-hydrogen) atoms. The summed E-state index contributed by atoms with van der Waals surface area (Å²) >= 11 is 0. The molecule has 0 aromatic heterocycles. The van der Waals surface area contributed by atoms with Gasteiger partial charge < -0.3 is 5.11 Å². The Morgan fingerprint density at radius 1 is 0.851 bits per heavy atom. The van der Waals surface area contributed by atoms with E-state index in [1.54, 1.807) is 0 Å². The summed E-state index contributed by atoms with van der Waals surface area (Å²) in [6.45, 7) is 17.0. The van der Waals surface area contributed by atoms with Crippen LogP contribution in [0.4, 0.5) is 0 Å². The third-order valence-electron chi connectivity index (χ3n) is 14.8. The molecule has 270 valence electrons. The van der Waals surface area contributed by atoms with Crippen molar-refractivity contribution in [2.24, 2.45) is 58.2 Å². The lowest BCUT2D eigenvalue weighted by atomic mass is 9.44. The number of rotatable bonds is 20. The molecule has 1 unspecified atom stereocenters. The highest BCUT2D eigenvalue weighted by Gasteiger charge is 2.61. The van der Waals surface area contributed by atoms with Crippen molar-refractivity contribution in [3.05, 3.63) is 23.8 Å². The van der Waals surface area contributed by atoms with Gasteiger partial charge >= 0.3 is 0 Å². The molecule has 0 amide bonds. The third-order valence-corrected chi connectivity index (χ3v) is 14.8. The molecule has 0 radical (unpaired) electrons. The van der Waals surface area contributed by atoms with Gasteiger partial charge in [0.05, 0.1) is 6.10 Å². The van der Waals surface area contributed by atoms with Gasteiger partial charge in [-0.1, -0.05) is 149 Å². The lowest BCUT2D eigenvalue weighted by Gasteiger charge is -2.60. The minimum atomic E-state index is -0.346. The fraction of sp³-hybridized carbons (Fsp3) is 0.889. The predicted molar refractivity (Wildman–Crippen MR) is 202 cm³/mol. The number of Topliss-reactive ketones (excluding diaryl/α,β-unsaturated/α-hetero) is 1. The molecule has 0 aromatic rings. The summed E-state index contributed by atoms with van der Waals surface area (Å²) in [5.74, 6) is 5.36. The van der Waals surface area contributed by atoms with E-state index in [2.05, 4.69) is 66.7 Å². The fourth-order valence-corrected chi connectivity index (χ4v) is 11.9. The number of unbranched alkanes of at least 4 members (excludes halogenated alkanes) is 12. The molecule has 10 atom stereocenters. The van der Waals surface area contributed by atoms with Crippen molar-refractivity contribution in [1.82, 2.24) is 0 Å². The summed E-state index contributed by atoms with van der Waals surface area (Å²) in [6.07, 6.45) is 34.6. The summed E-state index contributed by atoms with van der Waals surface area (Å²) in [5.41, 5.74) is 1.80. The third kappa shape index (κ3) is 9.27. The number of carbonyl (C=O) groups is 1.